The number of aromatic nitrogens is 3. The molecule has 138 valence electrons. The van der Waals surface area contributed by atoms with E-state index in [-0.39, 0.29) is 5.82 Å². The molecule has 3 aromatic rings. The van der Waals surface area contributed by atoms with Crippen LogP contribution >= 0.6 is 27.5 Å². The molecule has 2 heterocycles. The van der Waals surface area contributed by atoms with Crippen LogP contribution in [0.1, 0.15) is 24.1 Å². The Balaban J connectivity index is 1.79. The average molecular weight is 450 g/mol. The van der Waals surface area contributed by atoms with E-state index >= 15 is 0 Å². The first-order chi connectivity index (χ1) is 13.1. The number of anilines is 1. The Morgan fingerprint density at radius 1 is 1.30 bits per heavy atom. The summed E-state index contributed by atoms with van der Waals surface area (Å²) in [5.74, 6) is 0.839. The molecule has 27 heavy (non-hydrogen) atoms. The van der Waals surface area contributed by atoms with Crippen molar-refractivity contribution in [2.45, 2.75) is 13.0 Å². The Labute approximate surface area is 169 Å². The van der Waals surface area contributed by atoms with Crippen molar-refractivity contribution in [1.29, 1.82) is 0 Å². The van der Waals surface area contributed by atoms with Crippen LogP contribution in [0.25, 0.3) is 5.70 Å². The molecular formula is C19H15BrClFN4O. The fraction of sp³-hybridized carbons (Fsp3) is 0.158. The van der Waals surface area contributed by atoms with Gasteiger partial charge in [0.25, 0.3) is 0 Å². The molecule has 1 N–H and O–H groups in total. The highest BCUT2D eigenvalue weighted by molar-refractivity contribution is 9.10. The van der Waals surface area contributed by atoms with E-state index in [1.54, 1.807) is 16.8 Å². The van der Waals surface area contributed by atoms with Gasteiger partial charge in [-0.15, -0.1) is 0 Å². The lowest BCUT2D eigenvalue weighted by Gasteiger charge is -2.25. The molecule has 1 atom stereocenters. The van der Waals surface area contributed by atoms with Crippen LogP contribution in [0.5, 0.6) is 5.75 Å². The highest BCUT2D eigenvalue weighted by Gasteiger charge is 2.26. The zero-order chi connectivity index (χ0) is 19.0. The van der Waals surface area contributed by atoms with Crippen LogP contribution in [0, 0.1) is 5.82 Å². The molecule has 0 aliphatic carbocycles. The maximum Gasteiger partial charge on any atom is 0.226 e. The van der Waals surface area contributed by atoms with Gasteiger partial charge in [-0.3, -0.25) is 0 Å². The molecule has 8 heteroatoms. The number of allylic oxidation sites excluding steroid dienone is 1. The molecule has 0 amide bonds. The van der Waals surface area contributed by atoms with Crippen molar-refractivity contribution in [3.63, 3.8) is 0 Å². The van der Waals surface area contributed by atoms with Gasteiger partial charge in [0.15, 0.2) is 0 Å². The van der Waals surface area contributed by atoms with Crippen LogP contribution in [0.4, 0.5) is 10.3 Å². The van der Waals surface area contributed by atoms with E-state index in [2.05, 4.69) is 31.3 Å². The highest BCUT2D eigenvalue weighted by atomic mass is 79.9. The summed E-state index contributed by atoms with van der Waals surface area (Å²) in [6.45, 7) is 2.44. The van der Waals surface area contributed by atoms with Gasteiger partial charge in [-0.2, -0.15) is 10.1 Å². The molecule has 0 spiro atoms. The van der Waals surface area contributed by atoms with E-state index in [0.717, 1.165) is 15.7 Å². The summed E-state index contributed by atoms with van der Waals surface area (Å²) in [7, 11) is 0. The second-order valence-corrected chi connectivity index (χ2v) is 7.25. The molecule has 4 rings (SSSR count). The van der Waals surface area contributed by atoms with Crippen molar-refractivity contribution in [2.75, 3.05) is 11.9 Å². The molecule has 1 aliphatic heterocycles. The number of nitrogens with one attached hydrogen (secondary N) is 1. The smallest absolute Gasteiger partial charge is 0.226 e. The van der Waals surface area contributed by atoms with E-state index in [9.17, 15) is 4.39 Å². The third kappa shape index (κ3) is 3.44. The average Bonchev–Trinajstić information content (AvgIpc) is 3.13. The van der Waals surface area contributed by atoms with Crippen molar-refractivity contribution in [1.82, 2.24) is 14.8 Å². The van der Waals surface area contributed by atoms with Crippen LogP contribution in [-0.4, -0.2) is 21.4 Å². The summed E-state index contributed by atoms with van der Waals surface area (Å²) in [5.41, 5.74) is 2.11. The summed E-state index contributed by atoms with van der Waals surface area (Å²) in [4.78, 5) is 4.24. The maximum atomic E-state index is 14.5. The Bertz CT molecular complexity index is 1040. The number of benzene rings is 2. The van der Waals surface area contributed by atoms with Gasteiger partial charge in [-0.25, -0.2) is 9.07 Å². The first-order valence-corrected chi connectivity index (χ1v) is 9.50. The van der Waals surface area contributed by atoms with E-state index in [1.807, 2.05) is 31.2 Å². The minimum atomic E-state index is -0.443. The van der Waals surface area contributed by atoms with Crippen molar-refractivity contribution < 1.29 is 9.13 Å². The number of fused-ring (bicyclic) bond motifs is 1. The molecule has 1 aromatic heterocycles. The molecular weight excluding hydrogens is 435 g/mol. The lowest BCUT2D eigenvalue weighted by molar-refractivity contribution is 0.340. The normalized spacial score (nSPS) is 15.7. The number of rotatable bonds is 4. The van der Waals surface area contributed by atoms with Crippen LogP contribution in [0.3, 0.4) is 0 Å². The SMILES string of the molecule is CCOc1ccc(C2=C[C@@H](c3cc(Br)ccc3F)n3ncnc3N2)cc1Cl. The molecule has 0 saturated heterocycles. The summed E-state index contributed by atoms with van der Waals surface area (Å²) < 4.78 is 22.4. The van der Waals surface area contributed by atoms with E-state index in [0.29, 0.717) is 28.9 Å². The van der Waals surface area contributed by atoms with Crippen molar-refractivity contribution in [2.24, 2.45) is 0 Å². The number of hydrogen-bond acceptors (Lipinski definition) is 4. The first-order valence-electron chi connectivity index (χ1n) is 8.33. The van der Waals surface area contributed by atoms with Crippen LogP contribution in [0.15, 0.2) is 53.3 Å². The Hall–Kier alpha value is -2.38. The Morgan fingerprint density at radius 2 is 2.15 bits per heavy atom. The van der Waals surface area contributed by atoms with Gasteiger partial charge in [0.05, 0.1) is 11.6 Å². The van der Waals surface area contributed by atoms with Gasteiger partial charge in [-0.1, -0.05) is 27.5 Å². The standard InChI is InChI=1S/C19H15BrClFN4O/c1-2-27-18-6-3-11(7-14(18)21)16-9-17(26-19(25-16)23-10-24-26)13-8-12(20)4-5-15(13)22/h3-10,17H,2H2,1H3,(H,23,24,25)/t17-/m0/s1. The van der Waals surface area contributed by atoms with Gasteiger partial charge in [0, 0.05) is 15.7 Å². The summed E-state index contributed by atoms with van der Waals surface area (Å²) in [6, 6.07) is 9.93. The van der Waals surface area contributed by atoms with E-state index in [1.165, 1.54) is 12.4 Å². The van der Waals surface area contributed by atoms with E-state index < -0.39 is 6.04 Å². The van der Waals surface area contributed by atoms with Gasteiger partial charge in [0.2, 0.25) is 5.95 Å². The molecule has 0 saturated carbocycles. The predicted octanol–water partition coefficient (Wildman–Crippen LogP) is 5.29. The van der Waals surface area contributed by atoms with Crippen molar-refractivity contribution in [3.05, 3.63) is 75.2 Å². The largest absolute Gasteiger partial charge is 0.492 e. The topological polar surface area (TPSA) is 52.0 Å². The molecule has 1 aliphatic rings. The van der Waals surface area contributed by atoms with E-state index in [4.69, 9.17) is 16.3 Å². The number of halogens is 3. The monoisotopic (exact) mass is 448 g/mol. The predicted molar refractivity (Wildman–Crippen MR) is 106 cm³/mol. The quantitative estimate of drug-likeness (QED) is 0.588. The van der Waals surface area contributed by atoms with Gasteiger partial charge < -0.3 is 10.1 Å². The Morgan fingerprint density at radius 3 is 2.93 bits per heavy atom. The summed E-state index contributed by atoms with van der Waals surface area (Å²) in [5, 5.41) is 7.97. The fourth-order valence-electron chi connectivity index (χ4n) is 3.01. The zero-order valence-corrected chi connectivity index (χ0v) is 16.6. The minimum absolute atomic E-state index is 0.313. The first kappa shape index (κ1) is 18.0. The lowest BCUT2D eigenvalue weighted by atomic mass is 10.0. The van der Waals surface area contributed by atoms with Gasteiger partial charge in [-0.05, 0) is 55.0 Å². The second-order valence-electron chi connectivity index (χ2n) is 5.92. The van der Waals surface area contributed by atoms with Crippen LogP contribution in [-0.2, 0) is 0 Å². The second kappa shape index (κ2) is 7.32. The maximum absolute atomic E-state index is 14.5. The third-order valence-electron chi connectivity index (χ3n) is 4.23. The number of nitrogens with zero attached hydrogens (tertiary/aromatic N) is 3. The molecule has 0 unspecified atom stereocenters. The minimum Gasteiger partial charge on any atom is -0.492 e. The third-order valence-corrected chi connectivity index (χ3v) is 5.02. The summed E-state index contributed by atoms with van der Waals surface area (Å²) >= 11 is 9.73. The molecule has 0 radical (unpaired) electrons. The zero-order valence-electron chi connectivity index (χ0n) is 14.3. The van der Waals surface area contributed by atoms with Crippen LogP contribution in [0.2, 0.25) is 5.02 Å². The molecule has 0 fully saturated rings. The summed E-state index contributed by atoms with van der Waals surface area (Å²) in [6.07, 6.45) is 3.34. The van der Waals surface area contributed by atoms with Crippen LogP contribution < -0.4 is 10.1 Å². The van der Waals surface area contributed by atoms with Crippen molar-refractivity contribution >= 4 is 39.2 Å². The lowest BCUT2D eigenvalue weighted by Crippen LogP contribution is -2.21. The van der Waals surface area contributed by atoms with Gasteiger partial charge in [0.1, 0.15) is 23.9 Å². The number of ether oxygens (including phenoxy) is 1. The molecule has 2 aromatic carbocycles. The Kier molecular flexibility index (Phi) is 4.88. The highest BCUT2D eigenvalue weighted by Crippen LogP contribution is 2.36. The van der Waals surface area contributed by atoms with Gasteiger partial charge >= 0.3 is 0 Å². The molecule has 5 nitrogen and oxygen atoms in total. The van der Waals surface area contributed by atoms with Crippen molar-refractivity contribution in [3.8, 4) is 5.75 Å². The number of hydrogen-bond donors (Lipinski definition) is 1. The fourth-order valence-corrected chi connectivity index (χ4v) is 3.62. The molecule has 0 bridgehead atoms.